The Hall–Kier alpha value is -2.01. The fourth-order valence-corrected chi connectivity index (χ4v) is 2.92. The standard InChI is InChI=1S/C16H20N4S/c1-2-19-7-9-20(10-8-19)16(21)18-12-13-11-17-15-6-4-3-5-14(13)15/h2-6,12,17H,1,7-11H2,(H,18,21)/b13-12-. The molecule has 3 rings (SSSR count). The van der Waals surface area contributed by atoms with Gasteiger partial charge in [-0.1, -0.05) is 24.8 Å². The molecule has 2 heterocycles. The van der Waals surface area contributed by atoms with Gasteiger partial charge in [-0.05, 0) is 30.1 Å². The number of para-hydroxylation sites is 1. The Morgan fingerprint density at radius 1 is 1.24 bits per heavy atom. The molecule has 110 valence electrons. The van der Waals surface area contributed by atoms with E-state index in [4.69, 9.17) is 12.2 Å². The molecule has 2 N–H and O–H groups in total. The topological polar surface area (TPSA) is 30.5 Å². The first-order valence-electron chi connectivity index (χ1n) is 7.22. The number of benzene rings is 1. The van der Waals surface area contributed by atoms with E-state index in [0.717, 1.165) is 37.8 Å². The van der Waals surface area contributed by atoms with Crippen LogP contribution >= 0.6 is 12.2 Å². The molecule has 0 bridgehead atoms. The van der Waals surface area contributed by atoms with Crippen LogP contribution in [-0.4, -0.2) is 47.6 Å². The summed E-state index contributed by atoms with van der Waals surface area (Å²) in [7, 11) is 0. The van der Waals surface area contributed by atoms with Gasteiger partial charge in [0.1, 0.15) is 0 Å². The second-order valence-corrected chi connectivity index (χ2v) is 5.61. The average Bonchev–Trinajstić information content (AvgIpc) is 2.96. The van der Waals surface area contributed by atoms with E-state index in [1.54, 1.807) is 0 Å². The molecular formula is C16H20N4S. The quantitative estimate of drug-likeness (QED) is 0.817. The highest BCUT2D eigenvalue weighted by Crippen LogP contribution is 2.29. The van der Waals surface area contributed by atoms with Gasteiger partial charge in [0.25, 0.3) is 0 Å². The van der Waals surface area contributed by atoms with Crippen LogP contribution in [0.15, 0.2) is 43.2 Å². The fourth-order valence-electron chi connectivity index (χ4n) is 2.68. The second kappa shape index (κ2) is 6.18. The zero-order valence-electron chi connectivity index (χ0n) is 12.0. The van der Waals surface area contributed by atoms with Gasteiger partial charge in [0.05, 0.1) is 0 Å². The number of piperazine rings is 1. The summed E-state index contributed by atoms with van der Waals surface area (Å²) < 4.78 is 0. The Labute approximate surface area is 131 Å². The van der Waals surface area contributed by atoms with Crippen LogP contribution in [0, 0.1) is 0 Å². The molecule has 0 radical (unpaired) electrons. The molecule has 1 aromatic carbocycles. The summed E-state index contributed by atoms with van der Waals surface area (Å²) in [4.78, 5) is 4.43. The number of nitrogens with zero attached hydrogens (tertiary/aromatic N) is 2. The summed E-state index contributed by atoms with van der Waals surface area (Å²) in [5.41, 5.74) is 3.69. The first-order valence-corrected chi connectivity index (χ1v) is 7.63. The van der Waals surface area contributed by atoms with E-state index in [9.17, 15) is 0 Å². The third-order valence-corrected chi connectivity index (χ3v) is 4.35. The molecule has 1 fully saturated rings. The van der Waals surface area contributed by atoms with Gasteiger partial charge in [0.2, 0.25) is 0 Å². The van der Waals surface area contributed by atoms with Gasteiger partial charge >= 0.3 is 0 Å². The predicted octanol–water partition coefficient (Wildman–Crippen LogP) is 2.09. The van der Waals surface area contributed by atoms with Crippen LogP contribution < -0.4 is 10.6 Å². The van der Waals surface area contributed by atoms with Crippen molar-refractivity contribution < 1.29 is 0 Å². The minimum Gasteiger partial charge on any atom is -0.380 e. The van der Waals surface area contributed by atoms with Crippen molar-refractivity contribution in [2.75, 3.05) is 38.0 Å². The van der Waals surface area contributed by atoms with Crippen molar-refractivity contribution in [2.45, 2.75) is 0 Å². The van der Waals surface area contributed by atoms with Gasteiger partial charge in [-0.25, -0.2) is 0 Å². The maximum Gasteiger partial charge on any atom is 0.173 e. The fraction of sp³-hybridized carbons (Fsp3) is 0.312. The molecule has 0 saturated carbocycles. The molecule has 4 nitrogen and oxygen atoms in total. The largest absolute Gasteiger partial charge is 0.380 e. The molecule has 0 amide bonds. The van der Waals surface area contributed by atoms with E-state index in [0.29, 0.717) is 0 Å². The summed E-state index contributed by atoms with van der Waals surface area (Å²) in [6.07, 6.45) is 3.93. The number of rotatable bonds is 2. The SMILES string of the molecule is C=CN1CCN(C(=S)N/C=C2/CNc3ccccc32)CC1. The first-order chi connectivity index (χ1) is 10.3. The van der Waals surface area contributed by atoms with Crippen LogP contribution in [0.2, 0.25) is 0 Å². The molecule has 1 aromatic rings. The third-order valence-electron chi connectivity index (χ3n) is 3.97. The minimum absolute atomic E-state index is 0.801. The summed E-state index contributed by atoms with van der Waals surface area (Å²) in [6, 6.07) is 8.34. The molecule has 0 unspecified atom stereocenters. The van der Waals surface area contributed by atoms with Gasteiger partial charge in [0, 0.05) is 50.2 Å². The van der Waals surface area contributed by atoms with Crippen LogP contribution in [0.1, 0.15) is 5.56 Å². The molecule has 0 aliphatic carbocycles. The van der Waals surface area contributed by atoms with Crippen LogP contribution in [0.3, 0.4) is 0 Å². The van der Waals surface area contributed by atoms with Crippen molar-refractivity contribution in [1.29, 1.82) is 0 Å². The lowest BCUT2D eigenvalue weighted by Crippen LogP contribution is -2.49. The maximum absolute atomic E-state index is 5.49. The Kier molecular flexibility index (Phi) is 4.10. The highest BCUT2D eigenvalue weighted by molar-refractivity contribution is 7.80. The molecule has 2 aliphatic heterocycles. The first kappa shape index (κ1) is 13.9. The van der Waals surface area contributed by atoms with Crippen molar-refractivity contribution >= 4 is 28.6 Å². The summed E-state index contributed by atoms with van der Waals surface area (Å²) >= 11 is 5.49. The van der Waals surface area contributed by atoms with Gasteiger partial charge < -0.3 is 20.4 Å². The van der Waals surface area contributed by atoms with Crippen LogP contribution in [0.5, 0.6) is 0 Å². The molecule has 21 heavy (non-hydrogen) atoms. The lowest BCUT2D eigenvalue weighted by atomic mass is 10.1. The maximum atomic E-state index is 5.49. The zero-order valence-corrected chi connectivity index (χ0v) is 12.8. The van der Waals surface area contributed by atoms with Crippen molar-refractivity contribution in [3.8, 4) is 0 Å². The normalized spacial score (nSPS) is 19.1. The van der Waals surface area contributed by atoms with Gasteiger partial charge in [-0.15, -0.1) is 0 Å². The lowest BCUT2D eigenvalue weighted by Gasteiger charge is -2.35. The molecular weight excluding hydrogens is 280 g/mol. The molecule has 0 atom stereocenters. The van der Waals surface area contributed by atoms with E-state index in [2.05, 4.69) is 45.2 Å². The molecule has 2 aliphatic rings. The van der Waals surface area contributed by atoms with Crippen molar-refractivity contribution in [3.63, 3.8) is 0 Å². The van der Waals surface area contributed by atoms with Crippen molar-refractivity contribution in [2.24, 2.45) is 0 Å². The predicted molar refractivity (Wildman–Crippen MR) is 92.0 cm³/mol. The summed E-state index contributed by atoms with van der Waals surface area (Å²) in [6.45, 7) is 8.49. The zero-order chi connectivity index (χ0) is 14.7. The third kappa shape index (κ3) is 3.03. The van der Waals surface area contributed by atoms with Crippen molar-refractivity contribution in [3.05, 3.63) is 48.8 Å². The monoisotopic (exact) mass is 300 g/mol. The van der Waals surface area contributed by atoms with Crippen LogP contribution in [0.4, 0.5) is 5.69 Å². The smallest absolute Gasteiger partial charge is 0.173 e. The summed E-state index contributed by atoms with van der Waals surface area (Å²) in [5.74, 6) is 0. The Morgan fingerprint density at radius 3 is 2.76 bits per heavy atom. The minimum atomic E-state index is 0.801. The number of fused-ring (bicyclic) bond motifs is 1. The van der Waals surface area contributed by atoms with Gasteiger partial charge in [0.15, 0.2) is 5.11 Å². The number of nitrogens with one attached hydrogen (secondary N) is 2. The lowest BCUT2D eigenvalue weighted by molar-refractivity contribution is 0.237. The van der Waals surface area contributed by atoms with Gasteiger partial charge in [-0.2, -0.15) is 0 Å². The summed E-state index contributed by atoms with van der Waals surface area (Å²) in [5, 5.41) is 7.46. The number of thiocarbonyl (C=S) groups is 1. The van der Waals surface area contributed by atoms with E-state index >= 15 is 0 Å². The van der Waals surface area contributed by atoms with Crippen molar-refractivity contribution in [1.82, 2.24) is 15.1 Å². The average molecular weight is 300 g/mol. The highest BCUT2D eigenvalue weighted by Gasteiger charge is 2.17. The van der Waals surface area contributed by atoms with Crippen LogP contribution in [0.25, 0.3) is 5.57 Å². The van der Waals surface area contributed by atoms with Gasteiger partial charge in [-0.3, -0.25) is 0 Å². The molecule has 0 spiro atoms. The van der Waals surface area contributed by atoms with E-state index in [1.165, 1.54) is 16.8 Å². The number of anilines is 1. The van der Waals surface area contributed by atoms with E-state index in [1.807, 2.05) is 18.5 Å². The van der Waals surface area contributed by atoms with E-state index < -0.39 is 0 Å². The molecule has 0 aromatic heterocycles. The second-order valence-electron chi connectivity index (χ2n) is 5.22. The Bertz CT molecular complexity index is 573. The molecule has 5 heteroatoms. The molecule has 1 saturated heterocycles. The number of hydrogen-bond acceptors (Lipinski definition) is 3. The van der Waals surface area contributed by atoms with E-state index in [-0.39, 0.29) is 0 Å². The van der Waals surface area contributed by atoms with Crippen LogP contribution in [-0.2, 0) is 0 Å². The number of hydrogen-bond donors (Lipinski definition) is 2. The Morgan fingerprint density at radius 2 is 2.00 bits per heavy atom. The highest BCUT2D eigenvalue weighted by atomic mass is 32.1. The Balaban J connectivity index is 1.59.